The smallest absolute Gasteiger partial charge is 0.374 e. The Hall–Kier alpha value is -2.16. The maximum absolute atomic E-state index is 12.5. The number of carbonyl (C=O) groups is 1. The fourth-order valence-corrected chi connectivity index (χ4v) is 4.23. The van der Waals surface area contributed by atoms with Crippen molar-refractivity contribution < 1.29 is 22.4 Å². The van der Waals surface area contributed by atoms with E-state index in [1.54, 1.807) is 30.3 Å². The van der Waals surface area contributed by atoms with Gasteiger partial charge in [-0.3, -0.25) is 0 Å². The van der Waals surface area contributed by atoms with E-state index in [9.17, 15) is 13.2 Å². The zero-order valence-corrected chi connectivity index (χ0v) is 16.9. The van der Waals surface area contributed by atoms with E-state index in [-0.39, 0.29) is 16.7 Å². The molecule has 0 spiro atoms. The van der Waals surface area contributed by atoms with Crippen LogP contribution in [0.5, 0.6) is 0 Å². The van der Waals surface area contributed by atoms with Crippen LogP contribution in [0.2, 0.25) is 0 Å². The molecule has 0 aliphatic carbocycles. The molecule has 0 radical (unpaired) electrons. The molecule has 0 unspecified atom stereocenters. The Labute approximate surface area is 160 Å². The van der Waals surface area contributed by atoms with E-state index in [0.29, 0.717) is 25.2 Å². The van der Waals surface area contributed by atoms with Gasteiger partial charge in [0.2, 0.25) is 15.8 Å². The highest BCUT2D eigenvalue weighted by atomic mass is 32.2. The number of furan rings is 1. The first-order chi connectivity index (χ1) is 12.8. The summed E-state index contributed by atoms with van der Waals surface area (Å²) in [6.45, 7) is 6.89. The van der Waals surface area contributed by atoms with E-state index in [4.69, 9.17) is 4.42 Å². The second-order valence-electron chi connectivity index (χ2n) is 6.03. The van der Waals surface area contributed by atoms with Crippen molar-refractivity contribution >= 4 is 16.0 Å². The number of esters is 1. The van der Waals surface area contributed by atoms with Crippen molar-refractivity contribution in [1.82, 2.24) is 9.62 Å². The quantitative estimate of drug-likeness (QED) is 0.658. The Balaban J connectivity index is 2.07. The fourth-order valence-electron chi connectivity index (χ4n) is 2.77. The SMILES string of the molecule is CCN(CC)S(=O)(=O)c1ccc([C@@H](C)NCc2ccoc2C(=O)OC)cc1. The van der Waals surface area contributed by atoms with Gasteiger partial charge in [0.05, 0.1) is 18.3 Å². The predicted molar refractivity (Wildman–Crippen MR) is 102 cm³/mol. The Morgan fingerprint density at radius 2 is 1.81 bits per heavy atom. The summed E-state index contributed by atoms with van der Waals surface area (Å²) in [7, 11) is -2.16. The molecule has 27 heavy (non-hydrogen) atoms. The van der Waals surface area contributed by atoms with Crippen LogP contribution in [-0.4, -0.2) is 38.9 Å². The lowest BCUT2D eigenvalue weighted by atomic mass is 10.1. The average molecular weight is 394 g/mol. The van der Waals surface area contributed by atoms with Crippen LogP contribution in [0.1, 0.15) is 48.5 Å². The second kappa shape index (κ2) is 9.16. The zero-order chi connectivity index (χ0) is 20.0. The second-order valence-corrected chi connectivity index (χ2v) is 7.97. The first kappa shape index (κ1) is 21.1. The molecule has 2 rings (SSSR count). The maximum Gasteiger partial charge on any atom is 0.374 e. The summed E-state index contributed by atoms with van der Waals surface area (Å²) in [4.78, 5) is 11.9. The van der Waals surface area contributed by atoms with Crippen molar-refractivity contribution in [2.24, 2.45) is 0 Å². The molecule has 0 saturated carbocycles. The largest absolute Gasteiger partial charge is 0.463 e. The molecular formula is C19H26N2O5S. The predicted octanol–water partition coefficient (Wildman–Crippen LogP) is 2.95. The van der Waals surface area contributed by atoms with Gasteiger partial charge in [0, 0.05) is 31.2 Å². The van der Waals surface area contributed by atoms with E-state index in [1.807, 2.05) is 20.8 Å². The molecule has 0 fully saturated rings. The van der Waals surface area contributed by atoms with Crippen LogP contribution in [0, 0.1) is 0 Å². The van der Waals surface area contributed by atoms with E-state index in [1.165, 1.54) is 17.7 Å². The topological polar surface area (TPSA) is 88.9 Å². The van der Waals surface area contributed by atoms with Crippen molar-refractivity contribution in [3.05, 3.63) is 53.5 Å². The van der Waals surface area contributed by atoms with Gasteiger partial charge in [0.15, 0.2) is 0 Å². The zero-order valence-electron chi connectivity index (χ0n) is 16.1. The van der Waals surface area contributed by atoms with Crippen LogP contribution in [0.4, 0.5) is 0 Å². The van der Waals surface area contributed by atoms with Gasteiger partial charge in [0.25, 0.3) is 0 Å². The summed E-state index contributed by atoms with van der Waals surface area (Å²) in [5.41, 5.74) is 1.64. The highest BCUT2D eigenvalue weighted by molar-refractivity contribution is 7.89. The molecule has 1 aromatic carbocycles. The monoisotopic (exact) mass is 394 g/mol. The normalized spacial score (nSPS) is 12.9. The van der Waals surface area contributed by atoms with Gasteiger partial charge in [0.1, 0.15) is 0 Å². The Kier molecular flexibility index (Phi) is 7.18. The van der Waals surface area contributed by atoms with Crippen molar-refractivity contribution in [3.63, 3.8) is 0 Å². The molecular weight excluding hydrogens is 368 g/mol. The Bertz CT molecular complexity index is 854. The number of hydrogen-bond donors (Lipinski definition) is 1. The van der Waals surface area contributed by atoms with Crippen LogP contribution in [-0.2, 0) is 21.3 Å². The van der Waals surface area contributed by atoms with Gasteiger partial charge in [-0.05, 0) is 30.7 Å². The van der Waals surface area contributed by atoms with Crippen molar-refractivity contribution in [2.45, 2.75) is 38.3 Å². The minimum atomic E-state index is -3.46. The van der Waals surface area contributed by atoms with Crippen molar-refractivity contribution in [3.8, 4) is 0 Å². The highest BCUT2D eigenvalue weighted by Gasteiger charge is 2.22. The third-order valence-corrected chi connectivity index (χ3v) is 6.50. The molecule has 1 heterocycles. The number of sulfonamides is 1. The standard InChI is InChI=1S/C19H26N2O5S/c1-5-21(6-2)27(23,24)17-9-7-15(8-10-17)14(3)20-13-16-11-12-26-18(16)19(22)25-4/h7-12,14,20H,5-6,13H2,1-4H3/t14-/m1/s1. The summed E-state index contributed by atoms with van der Waals surface area (Å²) in [6.07, 6.45) is 1.45. The minimum Gasteiger partial charge on any atom is -0.463 e. The third kappa shape index (κ3) is 4.77. The Morgan fingerprint density at radius 1 is 1.19 bits per heavy atom. The van der Waals surface area contributed by atoms with Crippen LogP contribution in [0.25, 0.3) is 0 Å². The molecule has 0 aliphatic rings. The molecule has 0 amide bonds. The number of nitrogens with zero attached hydrogens (tertiary/aromatic N) is 1. The molecule has 0 saturated heterocycles. The number of ether oxygens (including phenoxy) is 1. The summed E-state index contributed by atoms with van der Waals surface area (Å²) in [6, 6.07) is 8.51. The van der Waals surface area contributed by atoms with Gasteiger partial charge in [-0.15, -0.1) is 0 Å². The van der Waals surface area contributed by atoms with E-state index < -0.39 is 16.0 Å². The molecule has 2 aromatic rings. The van der Waals surface area contributed by atoms with Crippen LogP contribution in [0.3, 0.4) is 0 Å². The van der Waals surface area contributed by atoms with Crippen LogP contribution >= 0.6 is 0 Å². The molecule has 1 aromatic heterocycles. The molecule has 1 atom stereocenters. The van der Waals surface area contributed by atoms with Crippen LogP contribution in [0.15, 0.2) is 45.9 Å². The van der Waals surface area contributed by atoms with E-state index in [0.717, 1.165) is 5.56 Å². The highest BCUT2D eigenvalue weighted by Crippen LogP contribution is 2.20. The summed E-state index contributed by atoms with van der Waals surface area (Å²) in [5.74, 6) is -0.340. The van der Waals surface area contributed by atoms with Gasteiger partial charge < -0.3 is 14.5 Å². The average Bonchev–Trinajstić information content (AvgIpc) is 3.15. The molecule has 7 nitrogen and oxygen atoms in total. The molecule has 0 bridgehead atoms. The lowest BCUT2D eigenvalue weighted by Crippen LogP contribution is -2.30. The molecule has 8 heteroatoms. The molecule has 1 N–H and O–H groups in total. The third-order valence-electron chi connectivity index (χ3n) is 4.44. The number of nitrogens with one attached hydrogen (secondary N) is 1. The maximum atomic E-state index is 12.5. The van der Waals surface area contributed by atoms with Gasteiger partial charge in [-0.25, -0.2) is 13.2 Å². The van der Waals surface area contributed by atoms with Gasteiger partial charge in [-0.1, -0.05) is 26.0 Å². The molecule has 148 valence electrons. The van der Waals surface area contributed by atoms with Crippen molar-refractivity contribution in [1.29, 1.82) is 0 Å². The molecule has 0 aliphatic heterocycles. The summed E-state index contributed by atoms with van der Waals surface area (Å²) < 4.78 is 36.4. The summed E-state index contributed by atoms with van der Waals surface area (Å²) >= 11 is 0. The van der Waals surface area contributed by atoms with Crippen molar-refractivity contribution in [2.75, 3.05) is 20.2 Å². The van der Waals surface area contributed by atoms with E-state index in [2.05, 4.69) is 10.1 Å². The van der Waals surface area contributed by atoms with E-state index >= 15 is 0 Å². The first-order valence-corrected chi connectivity index (χ1v) is 10.3. The Morgan fingerprint density at radius 3 is 2.37 bits per heavy atom. The first-order valence-electron chi connectivity index (χ1n) is 8.83. The number of hydrogen-bond acceptors (Lipinski definition) is 6. The van der Waals surface area contributed by atoms with Crippen LogP contribution < -0.4 is 5.32 Å². The number of rotatable bonds is 9. The lowest BCUT2D eigenvalue weighted by Gasteiger charge is -2.19. The minimum absolute atomic E-state index is 0.0457. The van der Waals surface area contributed by atoms with Gasteiger partial charge in [-0.2, -0.15) is 4.31 Å². The number of methoxy groups -OCH3 is 1. The van der Waals surface area contributed by atoms with Gasteiger partial charge >= 0.3 is 5.97 Å². The fraction of sp³-hybridized carbons (Fsp3) is 0.421. The number of carbonyl (C=O) groups excluding carboxylic acids is 1. The number of benzene rings is 1. The summed E-state index contributed by atoms with van der Waals surface area (Å²) in [5, 5.41) is 3.30. The lowest BCUT2D eigenvalue weighted by molar-refractivity contribution is 0.0563.